The van der Waals surface area contributed by atoms with Gasteiger partial charge in [-0.1, -0.05) is 16.1 Å². The molecule has 1 unspecified atom stereocenters. The molecular weight excluding hydrogens is 232 g/mol. The lowest BCUT2D eigenvalue weighted by Crippen LogP contribution is -2.12. The first kappa shape index (κ1) is 10.5. The highest BCUT2D eigenvalue weighted by atomic mass is 35.5. The average Bonchev–Trinajstić information content (AvgIpc) is 2.74. The molecule has 0 saturated carbocycles. The molecule has 0 spiro atoms. The number of aromatic nitrogens is 3. The zero-order valence-electron chi connectivity index (χ0n) is 7.80. The van der Waals surface area contributed by atoms with Crippen molar-refractivity contribution in [3.8, 4) is 0 Å². The molecule has 0 amide bonds. The molecule has 2 rings (SSSR count). The molecule has 78 valence electrons. The molecule has 0 fully saturated rings. The molecule has 2 heterocycles. The van der Waals surface area contributed by atoms with E-state index < -0.39 is 0 Å². The van der Waals surface area contributed by atoms with E-state index >= 15 is 0 Å². The van der Waals surface area contributed by atoms with E-state index in [9.17, 15) is 0 Å². The monoisotopic (exact) mass is 240 g/mol. The van der Waals surface area contributed by atoms with Crippen LogP contribution in [-0.4, -0.2) is 14.6 Å². The van der Waals surface area contributed by atoms with Crippen LogP contribution in [0.25, 0.3) is 0 Å². The van der Waals surface area contributed by atoms with Gasteiger partial charge in [0.15, 0.2) is 0 Å². The molecule has 0 aliphatic heterocycles. The Morgan fingerprint density at radius 3 is 3.00 bits per heavy atom. The molecule has 0 aliphatic carbocycles. The number of nitrogens with zero attached hydrogens (tertiary/aromatic N) is 3. The number of rotatable bonds is 3. The topological polar surface area (TPSA) is 64.7 Å². The molecule has 6 heteroatoms. The summed E-state index contributed by atoms with van der Waals surface area (Å²) >= 11 is 7.30. The van der Waals surface area contributed by atoms with Crippen molar-refractivity contribution in [1.29, 1.82) is 0 Å². The van der Waals surface area contributed by atoms with E-state index in [0.717, 1.165) is 10.4 Å². The fourth-order valence-electron chi connectivity index (χ4n) is 1.25. The van der Waals surface area contributed by atoms with Crippen LogP contribution >= 0.6 is 23.1 Å². The SMILES string of the molecule is NC(Cc1ccncc1Cl)c1cnns1. The van der Waals surface area contributed by atoms with Crippen molar-refractivity contribution in [1.82, 2.24) is 14.6 Å². The largest absolute Gasteiger partial charge is 0.323 e. The highest BCUT2D eigenvalue weighted by Gasteiger charge is 2.11. The normalized spacial score (nSPS) is 12.7. The van der Waals surface area contributed by atoms with Gasteiger partial charge < -0.3 is 5.73 Å². The Hall–Kier alpha value is -1.04. The zero-order chi connectivity index (χ0) is 10.7. The van der Waals surface area contributed by atoms with Crippen molar-refractivity contribution < 1.29 is 0 Å². The molecule has 15 heavy (non-hydrogen) atoms. The third-order valence-electron chi connectivity index (χ3n) is 2.04. The van der Waals surface area contributed by atoms with Crippen LogP contribution in [0.1, 0.15) is 16.5 Å². The molecule has 2 aromatic heterocycles. The lowest BCUT2D eigenvalue weighted by atomic mass is 10.1. The van der Waals surface area contributed by atoms with Crippen LogP contribution in [0, 0.1) is 0 Å². The Morgan fingerprint density at radius 2 is 2.33 bits per heavy atom. The maximum Gasteiger partial charge on any atom is 0.0669 e. The first-order valence-electron chi connectivity index (χ1n) is 4.38. The van der Waals surface area contributed by atoms with Crippen LogP contribution in [0.5, 0.6) is 0 Å². The lowest BCUT2D eigenvalue weighted by Gasteiger charge is -2.09. The summed E-state index contributed by atoms with van der Waals surface area (Å²) in [7, 11) is 0. The van der Waals surface area contributed by atoms with Gasteiger partial charge in [0.1, 0.15) is 0 Å². The molecular formula is C9H9ClN4S. The predicted molar refractivity (Wildman–Crippen MR) is 59.8 cm³/mol. The second kappa shape index (κ2) is 4.65. The number of pyridine rings is 1. The maximum atomic E-state index is 5.99. The fraction of sp³-hybridized carbons (Fsp3) is 0.222. The third-order valence-corrected chi connectivity index (χ3v) is 3.18. The van der Waals surface area contributed by atoms with E-state index in [1.54, 1.807) is 18.6 Å². The van der Waals surface area contributed by atoms with Crippen LogP contribution < -0.4 is 5.73 Å². The highest BCUT2D eigenvalue weighted by molar-refractivity contribution is 7.05. The second-order valence-electron chi connectivity index (χ2n) is 3.10. The molecule has 4 nitrogen and oxygen atoms in total. The van der Waals surface area contributed by atoms with Gasteiger partial charge >= 0.3 is 0 Å². The van der Waals surface area contributed by atoms with Gasteiger partial charge in [0, 0.05) is 18.4 Å². The van der Waals surface area contributed by atoms with Crippen LogP contribution in [0.3, 0.4) is 0 Å². The summed E-state index contributed by atoms with van der Waals surface area (Å²) in [4.78, 5) is 4.88. The molecule has 2 aromatic rings. The molecule has 0 aliphatic rings. The summed E-state index contributed by atoms with van der Waals surface area (Å²) < 4.78 is 3.77. The van der Waals surface area contributed by atoms with Crippen molar-refractivity contribution in [3.63, 3.8) is 0 Å². The fourth-order valence-corrected chi connectivity index (χ4v) is 1.94. The van der Waals surface area contributed by atoms with Gasteiger partial charge in [-0.15, -0.1) is 5.10 Å². The van der Waals surface area contributed by atoms with E-state index in [2.05, 4.69) is 14.6 Å². The smallest absolute Gasteiger partial charge is 0.0669 e. The molecule has 0 bridgehead atoms. The highest BCUT2D eigenvalue weighted by Crippen LogP contribution is 2.22. The summed E-state index contributed by atoms with van der Waals surface area (Å²) in [5.74, 6) is 0. The Kier molecular flexibility index (Phi) is 3.25. The van der Waals surface area contributed by atoms with Crippen molar-refractivity contribution >= 4 is 23.1 Å². The van der Waals surface area contributed by atoms with E-state index in [-0.39, 0.29) is 6.04 Å². The van der Waals surface area contributed by atoms with Crippen LogP contribution in [0.4, 0.5) is 0 Å². The number of halogens is 1. The van der Waals surface area contributed by atoms with Crippen LogP contribution in [0.2, 0.25) is 5.02 Å². The van der Waals surface area contributed by atoms with Gasteiger partial charge in [0.2, 0.25) is 0 Å². The summed E-state index contributed by atoms with van der Waals surface area (Å²) in [6, 6.07) is 1.77. The zero-order valence-corrected chi connectivity index (χ0v) is 9.37. The van der Waals surface area contributed by atoms with Gasteiger partial charge in [0.05, 0.1) is 16.1 Å². The van der Waals surface area contributed by atoms with E-state index in [4.69, 9.17) is 17.3 Å². The number of hydrogen-bond acceptors (Lipinski definition) is 5. The summed E-state index contributed by atoms with van der Waals surface area (Å²) in [5.41, 5.74) is 6.98. The molecule has 0 aromatic carbocycles. The number of nitrogens with two attached hydrogens (primary N) is 1. The first-order chi connectivity index (χ1) is 7.27. The molecule has 0 saturated heterocycles. The summed E-state index contributed by atoms with van der Waals surface area (Å²) in [5, 5.41) is 4.39. The quantitative estimate of drug-likeness (QED) is 0.889. The van der Waals surface area contributed by atoms with Crippen molar-refractivity contribution in [2.24, 2.45) is 5.73 Å². The summed E-state index contributed by atoms with van der Waals surface area (Å²) in [6.07, 6.45) is 5.68. The maximum absolute atomic E-state index is 5.99. The van der Waals surface area contributed by atoms with Crippen LogP contribution in [-0.2, 0) is 6.42 Å². The minimum atomic E-state index is -0.107. The Labute approximate surface area is 96.3 Å². The lowest BCUT2D eigenvalue weighted by molar-refractivity contribution is 0.733. The minimum Gasteiger partial charge on any atom is -0.323 e. The van der Waals surface area contributed by atoms with Crippen molar-refractivity contribution in [2.45, 2.75) is 12.5 Å². The molecule has 1 atom stereocenters. The van der Waals surface area contributed by atoms with Gasteiger partial charge in [-0.2, -0.15) is 0 Å². The summed E-state index contributed by atoms with van der Waals surface area (Å²) in [6.45, 7) is 0. The average molecular weight is 241 g/mol. The molecule has 2 N–H and O–H groups in total. The number of hydrogen-bond donors (Lipinski definition) is 1. The Morgan fingerprint density at radius 1 is 1.47 bits per heavy atom. The predicted octanol–water partition coefficient (Wildman–Crippen LogP) is 1.83. The Bertz CT molecular complexity index is 431. The van der Waals surface area contributed by atoms with Gasteiger partial charge in [0.25, 0.3) is 0 Å². The van der Waals surface area contributed by atoms with Crippen molar-refractivity contribution in [3.05, 3.63) is 40.1 Å². The third kappa shape index (κ3) is 2.50. The van der Waals surface area contributed by atoms with Gasteiger partial charge in [-0.05, 0) is 29.6 Å². The standard InChI is InChI=1S/C9H9ClN4S/c10-7-4-12-2-1-6(7)3-8(11)9-5-13-14-15-9/h1-2,4-5,8H,3,11H2. The van der Waals surface area contributed by atoms with E-state index in [0.29, 0.717) is 11.4 Å². The Balaban J connectivity index is 2.13. The van der Waals surface area contributed by atoms with E-state index in [1.807, 2.05) is 6.07 Å². The van der Waals surface area contributed by atoms with Gasteiger partial charge in [-0.3, -0.25) is 4.98 Å². The van der Waals surface area contributed by atoms with E-state index in [1.165, 1.54) is 11.5 Å². The second-order valence-corrected chi connectivity index (χ2v) is 4.32. The van der Waals surface area contributed by atoms with Crippen molar-refractivity contribution in [2.75, 3.05) is 0 Å². The van der Waals surface area contributed by atoms with Crippen LogP contribution in [0.15, 0.2) is 24.7 Å². The van der Waals surface area contributed by atoms with Gasteiger partial charge in [-0.25, -0.2) is 0 Å². The molecule has 0 radical (unpaired) electrons. The minimum absolute atomic E-state index is 0.107. The first-order valence-corrected chi connectivity index (χ1v) is 5.53.